The number of halogens is 5. The number of amides is 2. The molecule has 4 rings (SSSR count). The predicted octanol–water partition coefficient (Wildman–Crippen LogP) is 7.71. The van der Waals surface area contributed by atoms with Crippen molar-refractivity contribution in [3.05, 3.63) is 70.8 Å². The molecule has 0 bridgehead atoms. The van der Waals surface area contributed by atoms with E-state index in [1.165, 1.54) is 12.5 Å². The molecule has 0 aromatic heterocycles. The van der Waals surface area contributed by atoms with Gasteiger partial charge in [-0.25, -0.2) is 13.6 Å². The third-order valence-corrected chi connectivity index (χ3v) is 7.85. The SMILES string of the molecule is CCC(F)(F)c1cc(CNC(=O)N2CCC(C3CCC(c4ccccc4)CC3)C2)cc(C(F)(F)F)c1. The number of rotatable bonds is 6. The minimum atomic E-state index is -4.75. The van der Waals surface area contributed by atoms with E-state index in [4.69, 9.17) is 0 Å². The smallest absolute Gasteiger partial charge is 0.334 e. The van der Waals surface area contributed by atoms with Crippen LogP contribution in [0.4, 0.5) is 26.7 Å². The summed E-state index contributed by atoms with van der Waals surface area (Å²) >= 11 is 0. The molecule has 2 aromatic carbocycles. The van der Waals surface area contributed by atoms with Crippen molar-refractivity contribution in [3.8, 4) is 0 Å². The Labute approximate surface area is 209 Å². The van der Waals surface area contributed by atoms with E-state index in [0.29, 0.717) is 36.9 Å². The van der Waals surface area contributed by atoms with E-state index in [1.54, 1.807) is 4.90 Å². The van der Waals surface area contributed by atoms with Crippen LogP contribution in [0, 0.1) is 11.8 Å². The van der Waals surface area contributed by atoms with Crippen molar-refractivity contribution in [2.75, 3.05) is 13.1 Å². The van der Waals surface area contributed by atoms with Gasteiger partial charge in [-0.3, -0.25) is 0 Å². The van der Waals surface area contributed by atoms with Crippen LogP contribution in [0.2, 0.25) is 0 Å². The van der Waals surface area contributed by atoms with E-state index in [0.717, 1.165) is 44.2 Å². The van der Waals surface area contributed by atoms with E-state index < -0.39 is 29.6 Å². The lowest BCUT2D eigenvalue weighted by molar-refractivity contribution is -0.137. The molecule has 3 nitrogen and oxygen atoms in total. The Morgan fingerprint density at radius 1 is 0.917 bits per heavy atom. The highest BCUT2D eigenvalue weighted by atomic mass is 19.4. The zero-order valence-corrected chi connectivity index (χ0v) is 20.5. The summed E-state index contributed by atoms with van der Waals surface area (Å²) in [5.74, 6) is -1.82. The van der Waals surface area contributed by atoms with Crippen molar-refractivity contribution in [3.63, 3.8) is 0 Å². The molecule has 1 saturated heterocycles. The molecule has 1 N–H and O–H groups in total. The molecule has 1 aliphatic heterocycles. The predicted molar refractivity (Wildman–Crippen MR) is 129 cm³/mol. The van der Waals surface area contributed by atoms with Gasteiger partial charge in [0.1, 0.15) is 0 Å². The van der Waals surface area contributed by atoms with Gasteiger partial charge in [-0.05, 0) is 79.2 Å². The van der Waals surface area contributed by atoms with Gasteiger partial charge in [-0.2, -0.15) is 13.2 Å². The normalized spacial score (nSPS) is 23.1. The topological polar surface area (TPSA) is 32.3 Å². The minimum Gasteiger partial charge on any atom is -0.334 e. The van der Waals surface area contributed by atoms with Gasteiger partial charge in [0.05, 0.1) is 5.56 Å². The molecule has 1 atom stereocenters. The van der Waals surface area contributed by atoms with Gasteiger partial charge < -0.3 is 10.2 Å². The van der Waals surface area contributed by atoms with Gasteiger partial charge in [-0.1, -0.05) is 37.3 Å². The van der Waals surface area contributed by atoms with Crippen LogP contribution >= 0.6 is 0 Å². The van der Waals surface area contributed by atoms with E-state index in [2.05, 4.69) is 29.6 Å². The Morgan fingerprint density at radius 2 is 1.58 bits per heavy atom. The molecular formula is C28H33F5N2O. The Kier molecular flexibility index (Phi) is 7.90. The summed E-state index contributed by atoms with van der Waals surface area (Å²) in [7, 11) is 0. The van der Waals surface area contributed by atoms with Crippen LogP contribution in [-0.4, -0.2) is 24.0 Å². The van der Waals surface area contributed by atoms with Crippen LogP contribution in [0.1, 0.15) is 73.6 Å². The maximum Gasteiger partial charge on any atom is 0.416 e. The number of hydrogen-bond donors (Lipinski definition) is 1. The van der Waals surface area contributed by atoms with Gasteiger partial charge >= 0.3 is 12.2 Å². The summed E-state index contributed by atoms with van der Waals surface area (Å²) in [6.07, 6.45) is 0.0688. The fraction of sp³-hybridized carbons (Fsp3) is 0.536. The number of nitrogens with zero attached hydrogens (tertiary/aromatic N) is 1. The minimum absolute atomic E-state index is 0.0104. The summed E-state index contributed by atoms with van der Waals surface area (Å²) in [5, 5.41) is 2.64. The Bertz CT molecular complexity index is 1030. The van der Waals surface area contributed by atoms with Gasteiger partial charge in [0.2, 0.25) is 0 Å². The molecule has 1 unspecified atom stereocenters. The van der Waals surface area contributed by atoms with Crippen LogP contribution in [0.25, 0.3) is 0 Å². The Hall–Kier alpha value is -2.64. The van der Waals surface area contributed by atoms with Crippen molar-refractivity contribution in [2.45, 2.75) is 70.0 Å². The zero-order chi connectivity index (χ0) is 25.9. The van der Waals surface area contributed by atoms with Crippen molar-refractivity contribution in [1.82, 2.24) is 10.2 Å². The third-order valence-electron chi connectivity index (χ3n) is 7.85. The lowest BCUT2D eigenvalue weighted by atomic mass is 9.73. The second-order valence-electron chi connectivity index (χ2n) is 10.2. The molecule has 2 aliphatic rings. The number of likely N-dealkylation sites (tertiary alicyclic amines) is 1. The quantitative estimate of drug-likeness (QED) is 0.398. The molecule has 0 spiro atoms. The molecule has 8 heteroatoms. The summed E-state index contributed by atoms with van der Waals surface area (Å²) in [4.78, 5) is 14.4. The number of carbonyl (C=O) groups excluding carboxylic acids is 1. The number of nitrogens with one attached hydrogen (secondary N) is 1. The highest BCUT2D eigenvalue weighted by Gasteiger charge is 2.37. The van der Waals surface area contributed by atoms with Crippen LogP contribution in [-0.2, 0) is 18.6 Å². The molecule has 2 aromatic rings. The van der Waals surface area contributed by atoms with Crippen molar-refractivity contribution >= 4 is 6.03 Å². The molecule has 1 saturated carbocycles. The summed E-state index contributed by atoms with van der Waals surface area (Å²) < 4.78 is 68.2. The lowest BCUT2D eigenvalue weighted by Crippen LogP contribution is -2.38. The average molecular weight is 509 g/mol. The van der Waals surface area contributed by atoms with E-state index >= 15 is 0 Å². The first kappa shape index (κ1) is 26.4. The number of benzene rings is 2. The molecule has 0 radical (unpaired) electrons. The standard InChI is InChI=1S/C28H33F5N2O/c1-2-27(29,30)24-14-19(15-25(16-24)28(31,32)33)17-34-26(36)35-13-12-23(18-35)22-10-8-21(9-11-22)20-6-4-3-5-7-20/h3-7,14-16,21-23H,2,8-13,17-18H2,1H3,(H,34,36). The Balaban J connectivity index is 1.32. The molecule has 1 aliphatic carbocycles. The van der Waals surface area contributed by atoms with Crippen molar-refractivity contribution < 1.29 is 26.7 Å². The molecular weight excluding hydrogens is 475 g/mol. The van der Waals surface area contributed by atoms with E-state index in [-0.39, 0.29) is 18.1 Å². The van der Waals surface area contributed by atoms with Gasteiger partial charge in [-0.15, -0.1) is 0 Å². The monoisotopic (exact) mass is 508 g/mol. The number of alkyl halides is 5. The second kappa shape index (κ2) is 10.8. The van der Waals surface area contributed by atoms with Crippen molar-refractivity contribution in [1.29, 1.82) is 0 Å². The van der Waals surface area contributed by atoms with E-state index in [9.17, 15) is 26.7 Å². The first-order valence-electron chi connectivity index (χ1n) is 12.7. The maximum atomic E-state index is 14.2. The summed E-state index contributed by atoms with van der Waals surface area (Å²) in [6, 6.07) is 12.6. The van der Waals surface area contributed by atoms with Crippen molar-refractivity contribution in [2.24, 2.45) is 11.8 Å². The molecule has 2 fully saturated rings. The van der Waals surface area contributed by atoms with Crippen LogP contribution < -0.4 is 5.32 Å². The molecule has 1 heterocycles. The highest BCUT2D eigenvalue weighted by molar-refractivity contribution is 5.74. The highest BCUT2D eigenvalue weighted by Crippen LogP contribution is 2.41. The zero-order valence-electron chi connectivity index (χ0n) is 20.5. The molecule has 2 amide bonds. The maximum absolute atomic E-state index is 14.2. The average Bonchev–Trinajstić information content (AvgIpc) is 3.38. The first-order chi connectivity index (χ1) is 17.1. The number of urea groups is 1. The van der Waals surface area contributed by atoms with Gasteiger partial charge in [0, 0.05) is 31.6 Å². The second-order valence-corrected chi connectivity index (χ2v) is 10.2. The number of carbonyl (C=O) groups is 1. The fourth-order valence-electron chi connectivity index (χ4n) is 5.67. The largest absolute Gasteiger partial charge is 0.416 e. The Morgan fingerprint density at radius 3 is 2.22 bits per heavy atom. The van der Waals surface area contributed by atoms with Gasteiger partial charge in [0.25, 0.3) is 5.92 Å². The van der Waals surface area contributed by atoms with Crippen LogP contribution in [0.5, 0.6) is 0 Å². The van der Waals surface area contributed by atoms with Crippen LogP contribution in [0.3, 0.4) is 0 Å². The van der Waals surface area contributed by atoms with Gasteiger partial charge in [0.15, 0.2) is 0 Å². The fourth-order valence-corrected chi connectivity index (χ4v) is 5.67. The number of hydrogen-bond acceptors (Lipinski definition) is 1. The third kappa shape index (κ3) is 6.19. The lowest BCUT2D eigenvalue weighted by Gasteiger charge is -2.32. The molecule has 36 heavy (non-hydrogen) atoms. The van der Waals surface area contributed by atoms with Crippen LogP contribution in [0.15, 0.2) is 48.5 Å². The van der Waals surface area contributed by atoms with E-state index in [1.807, 2.05) is 6.07 Å². The summed E-state index contributed by atoms with van der Waals surface area (Å²) in [5.41, 5.74) is -0.421. The summed E-state index contributed by atoms with van der Waals surface area (Å²) in [6.45, 7) is 2.20. The molecule has 196 valence electrons. The first-order valence-corrected chi connectivity index (χ1v) is 12.7.